The van der Waals surface area contributed by atoms with Crippen LogP contribution in [-0.4, -0.2) is 46.9 Å². The highest BCUT2D eigenvalue weighted by Crippen LogP contribution is 2.41. The number of carboxylic acids is 1. The minimum absolute atomic E-state index is 0.117. The molecule has 0 bridgehead atoms. The average Bonchev–Trinajstić information content (AvgIpc) is 2.48. The molecule has 0 aromatic heterocycles. The standard InChI is InChI=1S/C17H23NO5/c1-12(2)18(17(15(19)20)9-14(10-17)22-3)16(21)23-11-13-7-5-4-6-8-13/h4-8,12,14H,9-11H2,1-3H3,(H,19,20). The predicted octanol–water partition coefficient (Wildman–Crippen LogP) is 2.67. The van der Waals surface area contributed by atoms with E-state index in [1.807, 2.05) is 30.3 Å². The zero-order chi connectivity index (χ0) is 17.0. The first kappa shape index (κ1) is 17.3. The summed E-state index contributed by atoms with van der Waals surface area (Å²) in [5.74, 6) is -1.02. The molecule has 1 amide bonds. The highest BCUT2D eigenvalue weighted by atomic mass is 16.6. The summed E-state index contributed by atoms with van der Waals surface area (Å²) >= 11 is 0. The van der Waals surface area contributed by atoms with Crippen LogP contribution in [0.1, 0.15) is 32.3 Å². The zero-order valence-corrected chi connectivity index (χ0v) is 13.7. The van der Waals surface area contributed by atoms with E-state index in [2.05, 4.69) is 0 Å². The van der Waals surface area contributed by atoms with Crippen molar-refractivity contribution in [2.24, 2.45) is 0 Å². The van der Waals surface area contributed by atoms with E-state index < -0.39 is 17.6 Å². The summed E-state index contributed by atoms with van der Waals surface area (Å²) in [7, 11) is 1.55. The van der Waals surface area contributed by atoms with Crippen LogP contribution < -0.4 is 0 Å². The van der Waals surface area contributed by atoms with Crippen molar-refractivity contribution in [1.29, 1.82) is 0 Å². The molecule has 0 saturated heterocycles. The van der Waals surface area contributed by atoms with Crippen LogP contribution in [0.25, 0.3) is 0 Å². The number of ether oxygens (including phenoxy) is 2. The lowest BCUT2D eigenvalue weighted by Crippen LogP contribution is -2.67. The number of carbonyl (C=O) groups excluding carboxylic acids is 1. The van der Waals surface area contributed by atoms with E-state index in [9.17, 15) is 14.7 Å². The maximum Gasteiger partial charge on any atom is 0.411 e. The number of benzene rings is 1. The summed E-state index contributed by atoms with van der Waals surface area (Å²) in [6.45, 7) is 3.69. The van der Waals surface area contributed by atoms with Crippen LogP contribution in [0.15, 0.2) is 30.3 Å². The molecule has 1 aromatic rings. The molecule has 1 aliphatic carbocycles. The Morgan fingerprint density at radius 3 is 2.39 bits per heavy atom. The summed E-state index contributed by atoms with van der Waals surface area (Å²) in [5.41, 5.74) is -0.389. The molecule has 126 valence electrons. The van der Waals surface area contributed by atoms with E-state index in [0.29, 0.717) is 0 Å². The number of amides is 1. The van der Waals surface area contributed by atoms with Gasteiger partial charge in [-0.25, -0.2) is 9.59 Å². The van der Waals surface area contributed by atoms with Crippen LogP contribution in [0, 0.1) is 0 Å². The number of methoxy groups -OCH3 is 1. The summed E-state index contributed by atoms with van der Waals surface area (Å²) in [4.78, 5) is 25.6. The van der Waals surface area contributed by atoms with Gasteiger partial charge in [0.2, 0.25) is 0 Å². The first-order chi connectivity index (χ1) is 10.9. The lowest BCUT2D eigenvalue weighted by atomic mass is 9.72. The largest absolute Gasteiger partial charge is 0.479 e. The van der Waals surface area contributed by atoms with Gasteiger partial charge in [-0.2, -0.15) is 0 Å². The monoisotopic (exact) mass is 321 g/mol. The van der Waals surface area contributed by atoms with Crippen molar-refractivity contribution in [2.45, 2.75) is 51.0 Å². The second-order valence-electron chi connectivity index (χ2n) is 6.11. The van der Waals surface area contributed by atoms with Gasteiger partial charge in [0.15, 0.2) is 0 Å². The molecule has 0 heterocycles. The molecule has 2 rings (SSSR count). The third-order valence-electron chi connectivity index (χ3n) is 4.24. The Hall–Kier alpha value is -2.08. The highest BCUT2D eigenvalue weighted by molar-refractivity contribution is 5.86. The Kier molecular flexibility index (Phi) is 5.26. The minimum Gasteiger partial charge on any atom is -0.479 e. The third kappa shape index (κ3) is 3.47. The molecule has 1 N–H and O–H groups in total. The van der Waals surface area contributed by atoms with Gasteiger partial charge in [-0.1, -0.05) is 30.3 Å². The molecule has 0 radical (unpaired) electrons. The van der Waals surface area contributed by atoms with Crippen LogP contribution in [0.4, 0.5) is 4.79 Å². The molecular formula is C17H23NO5. The number of rotatable bonds is 6. The van der Waals surface area contributed by atoms with Crippen molar-refractivity contribution < 1.29 is 24.2 Å². The molecule has 1 saturated carbocycles. The highest BCUT2D eigenvalue weighted by Gasteiger charge is 2.58. The molecule has 6 heteroatoms. The lowest BCUT2D eigenvalue weighted by molar-refractivity contribution is -0.170. The van der Waals surface area contributed by atoms with Gasteiger partial charge in [0.05, 0.1) is 6.10 Å². The van der Waals surface area contributed by atoms with E-state index in [1.54, 1.807) is 21.0 Å². The summed E-state index contributed by atoms with van der Waals surface area (Å²) < 4.78 is 10.5. The van der Waals surface area contributed by atoms with Crippen molar-refractivity contribution >= 4 is 12.1 Å². The van der Waals surface area contributed by atoms with Gasteiger partial charge in [-0.05, 0) is 19.4 Å². The number of carboxylic acid groups (broad SMARTS) is 1. The summed E-state index contributed by atoms with van der Waals surface area (Å²) in [5, 5.41) is 9.65. The molecule has 0 spiro atoms. The number of hydrogen-bond acceptors (Lipinski definition) is 4. The van der Waals surface area contributed by atoms with Gasteiger partial charge in [-0.3, -0.25) is 4.90 Å². The Bertz CT molecular complexity index is 551. The first-order valence-electron chi connectivity index (χ1n) is 7.67. The number of hydrogen-bond donors (Lipinski definition) is 1. The zero-order valence-electron chi connectivity index (χ0n) is 13.7. The van der Waals surface area contributed by atoms with Crippen LogP contribution >= 0.6 is 0 Å². The van der Waals surface area contributed by atoms with Crippen LogP contribution in [0.5, 0.6) is 0 Å². The molecule has 1 aromatic carbocycles. The average molecular weight is 321 g/mol. The van der Waals surface area contributed by atoms with Crippen molar-refractivity contribution in [3.63, 3.8) is 0 Å². The molecule has 0 atom stereocenters. The van der Waals surface area contributed by atoms with Gasteiger partial charge in [0, 0.05) is 26.0 Å². The minimum atomic E-state index is -1.25. The van der Waals surface area contributed by atoms with Gasteiger partial charge in [0.1, 0.15) is 12.1 Å². The number of aliphatic carboxylic acids is 1. The first-order valence-corrected chi connectivity index (χ1v) is 7.67. The van der Waals surface area contributed by atoms with Crippen LogP contribution in [-0.2, 0) is 20.9 Å². The Morgan fingerprint density at radius 2 is 1.91 bits per heavy atom. The fourth-order valence-electron chi connectivity index (χ4n) is 3.00. The fraction of sp³-hybridized carbons (Fsp3) is 0.529. The van der Waals surface area contributed by atoms with Crippen LogP contribution in [0.3, 0.4) is 0 Å². The van der Waals surface area contributed by atoms with Crippen molar-refractivity contribution in [1.82, 2.24) is 4.90 Å². The third-order valence-corrected chi connectivity index (χ3v) is 4.24. The number of carbonyl (C=O) groups is 2. The van der Waals surface area contributed by atoms with Gasteiger partial charge in [0.25, 0.3) is 0 Å². The van der Waals surface area contributed by atoms with Gasteiger partial charge >= 0.3 is 12.1 Å². The van der Waals surface area contributed by atoms with Crippen LogP contribution in [0.2, 0.25) is 0 Å². The van der Waals surface area contributed by atoms with E-state index in [1.165, 1.54) is 4.90 Å². The predicted molar refractivity (Wildman–Crippen MR) is 84.0 cm³/mol. The Labute approximate surface area is 136 Å². The molecule has 23 heavy (non-hydrogen) atoms. The Balaban J connectivity index is 2.11. The second kappa shape index (κ2) is 7.00. The second-order valence-corrected chi connectivity index (χ2v) is 6.11. The maximum absolute atomic E-state index is 12.5. The summed E-state index contributed by atoms with van der Waals surface area (Å²) in [6.07, 6.45) is -0.204. The number of nitrogens with zero attached hydrogens (tertiary/aromatic N) is 1. The molecule has 1 fully saturated rings. The molecule has 6 nitrogen and oxygen atoms in total. The van der Waals surface area contributed by atoms with E-state index >= 15 is 0 Å². The van der Waals surface area contributed by atoms with E-state index in [0.717, 1.165) is 5.56 Å². The maximum atomic E-state index is 12.5. The normalized spacial score (nSPS) is 23.2. The summed E-state index contributed by atoms with van der Waals surface area (Å²) in [6, 6.07) is 9.01. The van der Waals surface area contributed by atoms with E-state index in [-0.39, 0.29) is 31.6 Å². The topological polar surface area (TPSA) is 76.1 Å². The fourth-order valence-corrected chi connectivity index (χ4v) is 3.00. The quantitative estimate of drug-likeness (QED) is 0.872. The van der Waals surface area contributed by atoms with Crippen molar-refractivity contribution in [3.05, 3.63) is 35.9 Å². The van der Waals surface area contributed by atoms with E-state index in [4.69, 9.17) is 9.47 Å². The van der Waals surface area contributed by atoms with Gasteiger partial charge < -0.3 is 14.6 Å². The molecule has 0 unspecified atom stereocenters. The lowest BCUT2D eigenvalue weighted by Gasteiger charge is -2.51. The Morgan fingerprint density at radius 1 is 1.30 bits per heavy atom. The molecule has 0 aliphatic heterocycles. The molecule has 1 aliphatic rings. The molecular weight excluding hydrogens is 298 g/mol. The smallest absolute Gasteiger partial charge is 0.411 e. The van der Waals surface area contributed by atoms with Crippen molar-refractivity contribution in [2.75, 3.05) is 7.11 Å². The van der Waals surface area contributed by atoms with Crippen molar-refractivity contribution in [3.8, 4) is 0 Å². The SMILES string of the molecule is COC1CC(C(=O)O)(N(C(=O)OCc2ccccc2)C(C)C)C1. The van der Waals surface area contributed by atoms with Gasteiger partial charge in [-0.15, -0.1) is 0 Å².